The van der Waals surface area contributed by atoms with Crippen LogP contribution in [0.1, 0.15) is 19.4 Å². The second-order valence-corrected chi connectivity index (χ2v) is 2.99. The molecule has 0 heterocycles. The van der Waals surface area contributed by atoms with Crippen molar-refractivity contribution in [2.75, 3.05) is 6.26 Å². The van der Waals surface area contributed by atoms with Gasteiger partial charge in [0.05, 0.1) is 0 Å². The summed E-state index contributed by atoms with van der Waals surface area (Å²) < 4.78 is 12.8. The monoisotopic (exact) mass is 186 g/mol. The summed E-state index contributed by atoms with van der Waals surface area (Å²) in [5.74, 6) is -0.118. The molecule has 1 rings (SSSR count). The highest BCUT2D eigenvalue weighted by molar-refractivity contribution is 7.98. The molecule has 0 saturated carbocycles. The highest BCUT2D eigenvalue weighted by atomic mass is 32.2. The van der Waals surface area contributed by atoms with Crippen molar-refractivity contribution in [3.8, 4) is 0 Å². The average Bonchev–Trinajstić information content (AvgIpc) is 2.08. The summed E-state index contributed by atoms with van der Waals surface area (Å²) in [4.78, 5) is 0.714. The van der Waals surface area contributed by atoms with Gasteiger partial charge >= 0.3 is 0 Å². The van der Waals surface area contributed by atoms with Gasteiger partial charge in [0.2, 0.25) is 0 Å². The minimum Gasteiger partial charge on any atom is -0.206 e. The predicted octanol–water partition coefficient (Wildman–Crippen LogP) is 3.88. The second kappa shape index (κ2) is 6.06. The molecule has 0 unspecified atom stereocenters. The molecule has 0 aromatic heterocycles. The minimum atomic E-state index is -0.118. The second-order valence-electron chi connectivity index (χ2n) is 2.14. The lowest BCUT2D eigenvalue weighted by atomic mass is 10.2. The van der Waals surface area contributed by atoms with E-state index < -0.39 is 0 Å². The number of rotatable bonds is 1. The van der Waals surface area contributed by atoms with Gasteiger partial charge in [-0.1, -0.05) is 19.9 Å². The van der Waals surface area contributed by atoms with Gasteiger partial charge in [0.15, 0.2) is 0 Å². The van der Waals surface area contributed by atoms with Crippen LogP contribution < -0.4 is 0 Å². The molecule has 1 aromatic carbocycles. The first-order valence-corrected chi connectivity index (χ1v) is 5.26. The van der Waals surface area contributed by atoms with E-state index in [2.05, 4.69) is 0 Å². The maximum atomic E-state index is 12.8. The van der Waals surface area contributed by atoms with Gasteiger partial charge in [0, 0.05) is 4.90 Å². The van der Waals surface area contributed by atoms with Crippen LogP contribution >= 0.6 is 11.8 Å². The number of halogens is 1. The lowest BCUT2D eigenvalue weighted by Gasteiger charge is -1.98. The highest BCUT2D eigenvalue weighted by Gasteiger charge is 1.97. The summed E-state index contributed by atoms with van der Waals surface area (Å²) in [5, 5.41) is 0. The van der Waals surface area contributed by atoms with E-state index in [9.17, 15) is 4.39 Å². The van der Waals surface area contributed by atoms with Crippen LogP contribution in [-0.4, -0.2) is 6.26 Å². The van der Waals surface area contributed by atoms with Crippen LogP contribution in [0.25, 0.3) is 0 Å². The van der Waals surface area contributed by atoms with Gasteiger partial charge in [-0.05, 0) is 30.9 Å². The van der Waals surface area contributed by atoms with E-state index >= 15 is 0 Å². The highest BCUT2D eigenvalue weighted by Crippen LogP contribution is 2.19. The van der Waals surface area contributed by atoms with E-state index in [4.69, 9.17) is 0 Å². The Morgan fingerprint density at radius 1 is 1.25 bits per heavy atom. The SMILES string of the molecule is CC.CSc1ccc(C)cc1F. The van der Waals surface area contributed by atoms with E-state index in [1.807, 2.05) is 33.1 Å². The summed E-state index contributed by atoms with van der Waals surface area (Å²) >= 11 is 1.43. The van der Waals surface area contributed by atoms with Crippen molar-refractivity contribution in [2.24, 2.45) is 0 Å². The Morgan fingerprint density at radius 3 is 2.25 bits per heavy atom. The van der Waals surface area contributed by atoms with Crippen molar-refractivity contribution in [2.45, 2.75) is 25.7 Å². The Labute approximate surface area is 78.2 Å². The van der Waals surface area contributed by atoms with Crippen molar-refractivity contribution >= 4 is 11.8 Å². The molecule has 68 valence electrons. The Balaban J connectivity index is 0.000000561. The minimum absolute atomic E-state index is 0.118. The van der Waals surface area contributed by atoms with Gasteiger partial charge in [0.25, 0.3) is 0 Å². The fourth-order valence-electron chi connectivity index (χ4n) is 0.771. The molecule has 0 nitrogen and oxygen atoms in total. The first kappa shape index (κ1) is 11.5. The third kappa shape index (κ3) is 3.26. The third-order valence-electron chi connectivity index (χ3n) is 1.31. The largest absolute Gasteiger partial charge is 0.206 e. The topological polar surface area (TPSA) is 0 Å². The molecule has 0 atom stereocenters. The molecule has 0 spiro atoms. The molecule has 0 aliphatic rings. The quantitative estimate of drug-likeness (QED) is 0.600. The molecule has 0 aliphatic heterocycles. The van der Waals surface area contributed by atoms with Crippen LogP contribution in [0.2, 0.25) is 0 Å². The van der Waals surface area contributed by atoms with Crippen LogP contribution in [0.4, 0.5) is 4.39 Å². The van der Waals surface area contributed by atoms with E-state index in [1.54, 1.807) is 12.1 Å². The maximum absolute atomic E-state index is 12.8. The summed E-state index contributed by atoms with van der Waals surface area (Å²) in [6.07, 6.45) is 1.87. The van der Waals surface area contributed by atoms with Crippen molar-refractivity contribution in [1.29, 1.82) is 0 Å². The Bertz CT molecular complexity index is 233. The van der Waals surface area contributed by atoms with Crippen LogP contribution in [-0.2, 0) is 0 Å². The summed E-state index contributed by atoms with van der Waals surface area (Å²) in [7, 11) is 0. The molecule has 12 heavy (non-hydrogen) atoms. The molecule has 0 bridgehead atoms. The molecule has 0 aliphatic carbocycles. The number of aryl methyl sites for hydroxylation is 1. The third-order valence-corrected chi connectivity index (χ3v) is 2.08. The van der Waals surface area contributed by atoms with Gasteiger partial charge in [0.1, 0.15) is 5.82 Å². The maximum Gasteiger partial charge on any atom is 0.137 e. The van der Waals surface area contributed by atoms with E-state index in [0.29, 0.717) is 4.90 Å². The Kier molecular flexibility index (Phi) is 5.81. The number of thioether (sulfide) groups is 1. The fraction of sp³-hybridized carbons (Fsp3) is 0.400. The van der Waals surface area contributed by atoms with Crippen molar-refractivity contribution in [3.63, 3.8) is 0 Å². The molecule has 0 amide bonds. The molecule has 1 aromatic rings. The van der Waals surface area contributed by atoms with Crippen LogP contribution in [0.5, 0.6) is 0 Å². The summed E-state index contributed by atoms with van der Waals surface area (Å²) in [5.41, 5.74) is 0.968. The van der Waals surface area contributed by atoms with Crippen LogP contribution in [0.15, 0.2) is 23.1 Å². The summed E-state index contributed by atoms with van der Waals surface area (Å²) in [6.45, 7) is 5.88. The van der Waals surface area contributed by atoms with Crippen LogP contribution in [0.3, 0.4) is 0 Å². The Morgan fingerprint density at radius 2 is 1.83 bits per heavy atom. The zero-order chi connectivity index (χ0) is 9.56. The molecule has 2 heteroatoms. The number of hydrogen-bond donors (Lipinski definition) is 0. The predicted molar refractivity (Wildman–Crippen MR) is 54.3 cm³/mol. The van der Waals surface area contributed by atoms with E-state index in [0.717, 1.165) is 5.56 Å². The molecule has 0 saturated heterocycles. The summed E-state index contributed by atoms with van der Waals surface area (Å²) in [6, 6.07) is 5.26. The van der Waals surface area contributed by atoms with Crippen molar-refractivity contribution in [3.05, 3.63) is 29.6 Å². The molecule has 0 N–H and O–H groups in total. The van der Waals surface area contributed by atoms with Gasteiger partial charge < -0.3 is 0 Å². The van der Waals surface area contributed by atoms with Crippen molar-refractivity contribution < 1.29 is 4.39 Å². The average molecular weight is 186 g/mol. The molecule has 0 radical (unpaired) electrons. The van der Waals surface area contributed by atoms with Crippen LogP contribution in [0, 0.1) is 12.7 Å². The lowest BCUT2D eigenvalue weighted by Crippen LogP contribution is -1.80. The number of benzene rings is 1. The first-order chi connectivity index (χ1) is 5.74. The van der Waals surface area contributed by atoms with E-state index in [1.165, 1.54) is 11.8 Å². The molecular weight excluding hydrogens is 171 g/mol. The zero-order valence-electron chi connectivity index (χ0n) is 8.02. The molecule has 0 fully saturated rings. The lowest BCUT2D eigenvalue weighted by molar-refractivity contribution is 0.601. The fourth-order valence-corrected chi connectivity index (χ4v) is 1.23. The molecular formula is C10H15FS. The van der Waals surface area contributed by atoms with Gasteiger partial charge in [-0.2, -0.15) is 0 Å². The van der Waals surface area contributed by atoms with Gasteiger partial charge in [-0.25, -0.2) is 4.39 Å². The van der Waals surface area contributed by atoms with E-state index in [-0.39, 0.29) is 5.82 Å². The smallest absolute Gasteiger partial charge is 0.137 e. The normalized spacial score (nSPS) is 8.75. The zero-order valence-corrected chi connectivity index (χ0v) is 8.83. The van der Waals surface area contributed by atoms with Gasteiger partial charge in [-0.15, -0.1) is 11.8 Å². The first-order valence-electron chi connectivity index (χ1n) is 4.04. The number of hydrogen-bond acceptors (Lipinski definition) is 1. The van der Waals surface area contributed by atoms with Crippen molar-refractivity contribution in [1.82, 2.24) is 0 Å². The Hall–Kier alpha value is -0.500. The van der Waals surface area contributed by atoms with Gasteiger partial charge in [-0.3, -0.25) is 0 Å². The standard InChI is InChI=1S/C8H9FS.C2H6/c1-6-3-4-8(10-2)7(9)5-6;1-2/h3-5H,1-2H3;1-2H3.